The first-order valence-electron chi connectivity index (χ1n) is 24.8. The maximum absolute atomic E-state index is 12.2. The molecule has 0 bridgehead atoms. The molecule has 0 radical (unpaired) electrons. The molecule has 9 rings (SSSR count). The molecule has 2 aliphatic heterocycles. The van der Waals surface area contributed by atoms with Gasteiger partial charge in [-0.3, -0.25) is 23.9 Å². The number of nitrogens with zero attached hydrogens (tertiary/aromatic N) is 6. The third-order valence-electron chi connectivity index (χ3n) is 12.7. The van der Waals surface area contributed by atoms with Gasteiger partial charge in [0.15, 0.2) is 0 Å². The summed E-state index contributed by atoms with van der Waals surface area (Å²) < 4.78 is 18.9. The first kappa shape index (κ1) is 57.3. The molecule has 0 atom stereocenters. The average Bonchev–Trinajstić information content (AvgIpc) is 3.46. The second-order valence-electron chi connectivity index (χ2n) is 17.8. The Bertz CT molecular complexity index is 3530. The number of benzene rings is 3. The van der Waals surface area contributed by atoms with E-state index in [9.17, 15) is 19.2 Å². The van der Waals surface area contributed by atoms with Crippen LogP contribution in [-0.2, 0) is 16.1 Å². The predicted molar refractivity (Wildman–Crippen MR) is 307 cm³/mol. The number of carbonyl (C=O) groups excluding carboxylic acids is 2. The lowest BCUT2D eigenvalue weighted by Gasteiger charge is -2.34. The molecule has 0 saturated heterocycles. The molecule has 2 amide bonds. The Balaban J connectivity index is 0.000000170. The lowest BCUT2D eigenvalue weighted by atomic mass is 9.98. The van der Waals surface area contributed by atoms with Gasteiger partial charge in [-0.05, 0) is 170 Å². The molecule has 3 aromatic carbocycles. The summed E-state index contributed by atoms with van der Waals surface area (Å²) in [5, 5.41) is 6.89. The minimum absolute atomic E-state index is 0.130. The number of pyridine rings is 3. The lowest BCUT2D eigenvalue weighted by Crippen LogP contribution is -2.40. The van der Waals surface area contributed by atoms with E-state index in [1.807, 2.05) is 114 Å². The summed E-state index contributed by atoms with van der Waals surface area (Å²) in [7, 11) is 0. The summed E-state index contributed by atoms with van der Waals surface area (Å²) in [4.78, 5) is 67.3. The fourth-order valence-electron chi connectivity index (χ4n) is 8.76. The second kappa shape index (κ2) is 25.1. The molecule has 3 N–H and O–H groups in total. The molecule has 78 heavy (non-hydrogen) atoms. The third-order valence-corrected chi connectivity index (χ3v) is 13.5. The summed E-state index contributed by atoms with van der Waals surface area (Å²) in [6.45, 7) is 26.8. The topological polar surface area (TPSA) is 186 Å². The number of aromatic nitrogens is 5. The van der Waals surface area contributed by atoms with E-state index in [2.05, 4.69) is 43.7 Å². The van der Waals surface area contributed by atoms with Crippen molar-refractivity contribution in [3.05, 3.63) is 215 Å². The molecular formula is C59H58Cl3N9O7. The van der Waals surface area contributed by atoms with E-state index in [-0.39, 0.29) is 17.4 Å². The summed E-state index contributed by atoms with van der Waals surface area (Å²) in [6.07, 6.45) is 4.85. The van der Waals surface area contributed by atoms with Crippen LogP contribution in [0, 0.1) is 27.7 Å². The first-order chi connectivity index (χ1) is 37.3. The van der Waals surface area contributed by atoms with E-state index >= 15 is 0 Å². The Morgan fingerprint density at radius 1 is 0.513 bits per heavy atom. The van der Waals surface area contributed by atoms with E-state index in [0.29, 0.717) is 104 Å². The Kier molecular flexibility index (Phi) is 18.5. The van der Waals surface area contributed by atoms with Crippen LogP contribution in [0.3, 0.4) is 0 Å². The second-order valence-corrected chi connectivity index (χ2v) is 19.0. The van der Waals surface area contributed by atoms with Crippen molar-refractivity contribution in [1.82, 2.24) is 44.9 Å². The molecule has 19 heteroatoms. The van der Waals surface area contributed by atoms with Crippen molar-refractivity contribution >= 4 is 58.0 Å². The van der Waals surface area contributed by atoms with Crippen LogP contribution >= 0.6 is 34.8 Å². The van der Waals surface area contributed by atoms with Gasteiger partial charge in [-0.15, -0.1) is 0 Å². The number of hydrogen-bond donors (Lipinski definition) is 3. The van der Waals surface area contributed by atoms with E-state index < -0.39 is 5.69 Å². The molecule has 0 saturated carbocycles. The number of aryl methyl sites for hydroxylation is 3. The number of ether oxygens (including phenoxy) is 3. The van der Waals surface area contributed by atoms with Gasteiger partial charge in [-0.1, -0.05) is 48.0 Å². The SMILES string of the molecule is C=C1NC(=O)C(C)=C(c2ccc(Oc3ncccc3Cl)cc2C)N1CC.C=C1NC(=O)C(C)=C(c2ccc(Oc3ncccc3Cl)cc2C)N1CC.CCn1c(-c2ccc(Oc3ncccc3Cl)cc2C)c(C)c(=O)[nH]c1=O. The molecule has 0 unspecified atom stereocenters. The van der Waals surface area contributed by atoms with Crippen molar-refractivity contribution in [2.45, 2.75) is 68.9 Å². The van der Waals surface area contributed by atoms with Crippen LogP contribution in [-0.4, -0.2) is 59.2 Å². The Labute approximate surface area is 467 Å². The fraction of sp³-hybridized carbons (Fsp3) is 0.203. The van der Waals surface area contributed by atoms with E-state index in [4.69, 9.17) is 49.0 Å². The number of nitrogens with one attached hydrogen (secondary N) is 3. The molecule has 2 aliphatic rings. The van der Waals surface area contributed by atoms with Gasteiger partial charge in [0.2, 0.25) is 17.6 Å². The normalized spacial score (nSPS) is 13.3. The maximum Gasteiger partial charge on any atom is 0.328 e. The minimum atomic E-state index is -0.418. The summed E-state index contributed by atoms with van der Waals surface area (Å²) in [5.74, 6) is 3.77. The zero-order chi connectivity index (χ0) is 56.5. The number of carbonyl (C=O) groups is 2. The van der Waals surface area contributed by atoms with Crippen molar-refractivity contribution in [3.63, 3.8) is 0 Å². The van der Waals surface area contributed by atoms with Gasteiger partial charge in [0.1, 0.15) is 44.0 Å². The van der Waals surface area contributed by atoms with Gasteiger partial charge >= 0.3 is 5.69 Å². The summed E-state index contributed by atoms with van der Waals surface area (Å²) in [5.41, 5.74) is 8.88. The largest absolute Gasteiger partial charge is 0.438 e. The molecule has 0 spiro atoms. The average molecular weight is 1110 g/mol. The highest BCUT2D eigenvalue weighted by Crippen LogP contribution is 2.37. The Morgan fingerprint density at radius 2 is 0.872 bits per heavy atom. The van der Waals surface area contributed by atoms with Crippen LogP contribution in [0.1, 0.15) is 68.0 Å². The number of hydrogen-bond acceptors (Lipinski definition) is 12. The number of rotatable bonds is 12. The number of amides is 2. The fourth-order valence-corrected chi connectivity index (χ4v) is 9.24. The third kappa shape index (κ3) is 12.7. The zero-order valence-electron chi connectivity index (χ0n) is 44.6. The number of halogens is 3. The van der Waals surface area contributed by atoms with Crippen LogP contribution in [0.5, 0.6) is 34.9 Å². The lowest BCUT2D eigenvalue weighted by molar-refractivity contribution is -0.118. The Hall–Kier alpha value is -8.44. The highest BCUT2D eigenvalue weighted by atomic mass is 35.5. The minimum Gasteiger partial charge on any atom is -0.438 e. The number of H-pyrrole nitrogens is 1. The van der Waals surface area contributed by atoms with Gasteiger partial charge in [-0.2, -0.15) is 0 Å². The first-order valence-corrected chi connectivity index (χ1v) is 25.9. The van der Waals surface area contributed by atoms with Crippen molar-refractivity contribution < 1.29 is 23.8 Å². The van der Waals surface area contributed by atoms with Crippen molar-refractivity contribution in [1.29, 1.82) is 0 Å². The van der Waals surface area contributed by atoms with Crippen LogP contribution in [0.15, 0.2) is 155 Å². The predicted octanol–water partition coefficient (Wildman–Crippen LogP) is 12.7. The molecule has 7 aromatic rings. The van der Waals surface area contributed by atoms with Gasteiger partial charge in [0.05, 0.1) is 17.1 Å². The van der Waals surface area contributed by atoms with Crippen molar-refractivity contribution in [2.24, 2.45) is 0 Å². The van der Waals surface area contributed by atoms with Gasteiger partial charge in [0.25, 0.3) is 17.4 Å². The van der Waals surface area contributed by atoms with Gasteiger partial charge in [0, 0.05) is 71.6 Å². The summed E-state index contributed by atoms with van der Waals surface area (Å²) >= 11 is 18.3. The zero-order valence-corrected chi connectivity index (χ0v) is 46.9. The van der Waals surface area contributed by atoms with E-state index in [0.717, 1.165) is 44.8 Å². The van der Waals surface area contributed by atoms with Gasteiger partial charge in [-0.25, -0.2) is 19.7 Å². The van der Waals surface area contributed by atoms with Crippen LogP contribution in [0.25, 0.3) is 22.7 Å². The van der Waals surface area contributed by atoms with Gasteiger partial charge < -0.3 is 34.6 Å². The molecule has 4 aromatic heterocycles. The van der Waals surface area contributed by atoms with E-state index in [1.165, 1.54) is 0 Å². The number of aromatic amines is 1. The molecule has 16 nitrogen and oxygen atoms in total. The summed E-state index contributed by atoms with van der Waals surface area (Å²) in [6, 6.07) is 27.2. The Morgan fingerprint density at radius 3 is 1.19 bits per heavy atom. The molecular weight excluding hydrogens is 1050 g/mol. The molecule has 0 fully saturated rings. The van der Waals surface area contributed by atoms with E-state index in [1.54, 1.807) is 72.5 Å². The van der Waals surface area contributed by atoms with Crippen molar-refractivity contribution in [2.75, 3.05) is 13.1 Å². The highest BCUT2D eigenvalue weighted by molar-refractivity contribution is 6.32. The van der Waals surface area contributed by atoms with Crippen LogP contribution in [0.2, 0.25) is 15.1 Å². The monoisotopic (exact) mass is 1110 g/mol. The quantitative estimate of drug-likeness (QED) is 0.105. The maximum atomic E-state index is 12.2. The molecule has 0 aliphatic carbocycles. The highest BCUT2D eigenvalue weighted by Gasteiger charge is 2.29. The van der Waals surface area contributed by atoms with Crippen LogP contribution in [0.4, 0.5) is 0 Å². The van der Waals surface area contributed by atoms with Crippen LogP contribution < -0.4 is 36.1 Å². The molecule has 6 heterocycles. The standard InChI is InChI=1S/2C20H20ClN3O2.C19H18ClN3O3/c2*1-5-24-14(4)23-19(25)13(3)18(24)16-9-8-15(11-12(16)2)26-20-17(21)7-6-10-22-20;1-4-23-16(12(3)17(24)22-19(23)25)14-8-7-13(10-11(14)2)26-18-15(20)6-5-9-21-18/h2*6-11H,4-5H2,1-3H3,(H,23,25);5-10H,4H2,1-3H3,(H,22,24,25). The smallest absolute Gasteiger partial charge is 0.328 e. The van der Waals surface area contributed by atoms with Crippen molar-refractivity contribution in [3.8, 4) is 46.1 Å². The molecule has 402 valence electrons.